The van der Waals surface area contributed by atoms with E-state index in [2.05, 4.69) is 16.4 Å². The van der Waals surface area contributed by atoms with Gasteiger partial charge in [-0.3, -0.25) is 10.1 Å². The monoisotopic (exact) mass is 374 g/mol. The highest BCUT2D eigenvalue weighted by Crippen LogP contribution is 2.39. The lowest BCUT2D eigenvalue weighted by molar-refractivity contribution is -0.143. The van der Waals surface area contributed by atoms with Gasteiger partial charge in [0, 0.05) is 23.0 Å². The van der Waals surface area contributed by atoms with Gasteiger partial charge in [0.25, 0.3) is 0 Å². The largest absolute Gasteiger partial charge is 0.468 e. The molecule has 3 aromatic rings. The van der Waals surface area contributed by atoms with Crippen molar-refractivity contribution >= 4 is 40.1 Å². The summed E-state index contributed by atoms with van der Waals surface area (Å²) in [7, 11) is 1.40. The van der Waals surface area contributed by atoms with E-state index in [4.69, 9.17) is 27.9 Å². The van der Waals surface area contributed by atoms with Crippen LogP contribution in [0.5, 0.6) is 0 Å². The smallest absolute Gasteiger partial charge is 0.323 e. The fraction of sp³-hybridized carbons (Fsp3) is 0.211. The predicted molar refractivity (Wildman–Crippen MR) is 99.2 cm³/mol. The van der Waals surface area contributed by atoms with Gasteiger partial charge in [-0.15, -0.1) is 0 Å². The highest BCUT2D eigenvalue weighted by molar-refractivity contribution is 6.42. The van der Waals surface area contributed by atoms with Crippen LogP contribution in [0.25, 0.3) is 10.9 Å². The Hall–Kier alpha value is -2.01. The number of benzene rings is 2. The van der Waals surface area contributed by atoms with Crippen LogP contribution >= 0.6 is 23.2 Å². The summed E-state index contributed by atoms with van der Waals surface area (Å²) in [6.07, 6.45) is 0.556. The molecule has 0 unspecified atom stereocenters. The Morgan fingerprint density at radius 3 is 2.76 bits per heavy atom. The van der Waals surface area contributed by atoms with E-state index in [0.29, 0.717) is 16.5 Å². The highest BCUT2D eigenvalue weighted by Gasteiger charge is 2.35. The van der Waals surface area contributed by atoms with E-state index < -0.39 is 6.04 Å². The van der Waals surface area contributed by atoms with E-state index in [1.54, 1.807) is 6.07 Å². The zero-order valence-corrected chi connectivity index (χ0v) is 15.0. The molecule has 0 aliphatic carbocycles. The molecule has 0 amide bonds. The van der Waals surface area contributed by atoms with Crippen molar-refractivity contribution in [1.82, 2.24) is 10.3 Å². The van der Waals surface area contributed by atoms with E-state index in [0.717, 1.165) is 27.7 Å². The molecule has 128 valence electrons. The Morgan fingerprint density at radius 1 is 1.16 bits per heavy atom. The molecule has 25 heavy (non-hydrogen) atoms. The summed E-state index contributed by atoms with van der Waals surface area (Å²) in [4.78, 5) is 15.7. The van der Waals surface area contributed by atoms with Crippen LogP contribution in [-0.2, 0) is 16.0 Å². The van der Waals surface area contributed by atoms with Crippen molar-refractivity contribution in [3.05, 3.63) is 69.3 Å². The molecule has 0 saturated heterocycles. The third-order valence-electron chi connectivity index (χ3n) is 4.69. The number of carbonyl (C=O) groups is 1. The van der Waals surface area contributed by atoms with Gasteiger partial charge in [0.05, 0.1) is 23.2 Å². The molecule has 2 atom stereocenters. The number of nitrogens with one attached hydrogen (secondary N) is 2. The summed E-state index contributed by atoms with van der Waals surface area (Å²) < 4.78 is 4.96. The molecule has 6 heteroatoms. The first-order valence-corrected chi connectivity index (χ1v) is 8.73. The van der Waals surface area contributed by atoms with Crippen LogP contribution in [0.1, 0.15) is 22.9 Å². The van der Waals surface area contributed by atoms with E-state index in [-0.39, 0.29) is 12.0 Å². The maximum absolute atomic E-state index is 12.2. The van der Waals surface area contributed by atoms with Gasteiger partial charge >= 0.3 is 5.97 Å². The fourth-order valence-electron chi connectivity index (χ4n) is 3.52. The lowest BCUT2D eigenvalue weighted by atomic mass is 9.90. The van der Waals surface area contributed by atoms with Crippen LogP contribution in [0.2, 0.25) is 10.0 Å². The van der Waals surface area contributed by atoms with E-state index >= 15 is 0 Å². The second-order valence-corrected chi connectivity index (χ2v) is 6.87. The van der Waals surface area contributed by atoms with Gasteiger partial charge in [-0.2, -0.15) is 0 Å². The number of para-hydroxylation sites is 1. The summed E-state index contributed by atoms with van der Waals surface area (Å²) in [5.41, 5.74) is 3.97. The average Bonchev–Trinajstić information content (AvgIpc) is 3.01. The third kappa shape index (κ3) is 2.71. The van der Waals surface area contributed by atoms with Crippen LogP contribution < -0.4 is 5.32 Å². The molecule has 2 heterocycles. The molecular weight excluding hydrogens is 359 g/mol. The number of halogens is 2. The Bertz CT molecular complexity index is 967. The SMILES string of the molecule is COC(=O)[C@H]1Cc2c([nH]c3ccccc23)[C@@H](c2cccc(Cl)c2Cl)N1. The molecule has 2 aromatic carbocycles. The van der Waals surface area contributed by atoms with Crippen LogP contribution in [-0.4, -0.2) is 24.1 Å². The molecule has 0 saturated carbocycles. The van der Waals surface area contributed by atoms with E-state index in [1.807, 2.05) is 30.3 Å². The van der Waals surface area contributed by atoms with Gasteiger partial charge < -0.3 is 9.72 Å². The Balaban J connectivity index is 1.92. The second-order valence-electron chi connectivity index (χ2n) is 6.09. The van der Waals surface area contributed by atoms with Crippen LogP contribution in [0.3, 0.4) is 0 Å². The third-order valence-corrected chi connectivity index (χ3v) is 5.52. The minimum Gasteiger partial charge on any atom is -0.468 e. The summed E-state index contributed by atoms with van der Waals surface area (Å²) in [6, 6.07) is 12.9. The van der Waals surface area contributed by atoms with Crippen molar-refractivity contribution in [2.24, 2.45) is 0 Å². The normalized spacial score (nSPS) is 19.6. The molecule has 0 spiro atoms. The fourth-order valence-corrected chi connectivity index (χ4v) is 3.93. The second kappa shape index (κ2) is 6.37. The van der Waals surface area contributed by atoms with Crippen molar-refractivity contribution < 1.29 is 9.53 Å². The Morgan fingerprint density at radius 2 is 1.96 bits per heavy atom. The van der Waals surface area contributed by atoms with Crippen LogP contribution in [0, 0.1) is 0 Å². The van der Waals surface area contributed by atoms with E-state index in [9.17, 15) is 4.79 Å². The number of rotatable bonds is 2. The zero-order valence-electron chi connectivity index (χ0n) is 13.5. The molecule has 4 rings (SSSR count). The van der Waals surface area contributed by atoms with Crippen LogP contribution in [0.15, 0.2) is 42.5 Å². The molecule has 1 aliphatic heterocycles. The molecule has 4 nitrogen and oxygen atoms in total. The number of H-pyrrole nitrogens is 1. The lowest BCUT2D eigenvalue weighted by Crippen LogP contribution is -2.45. The number of aromatic nitrogens is 1. The standard InChI is InChI=1S/C19H16Cl2N2O2/c1-25-19(24)15-9-12-10-5-2-3-8-14(10)22-18(12)17(23-15)11-6-4-7-13(20)16(11)21/h2-8,15,17,22-23H,9H2,1H3/t15-,17-/m1/s1. The number of fused-ring (bicyclic) bond motifs is 3. The van der Waals surface area contributed by atoms with Gasteiger partial charge in [0.1, 0.15) is 6.04 Å². The number of ether oxygens (including phenoxy) is 1. The Labute approximate surface area is 155 Å². The number of aromatic amines is 1. The molecular formula is C19H16Cl2N2O2. The Kier molecular flexibility index (Phi) is 4.20. The number of hydrogen-bond donors (Lipinski definition) is 2. The summed E-state index contributed by atoms with van der Waals surface area (Å²) in [6.45, 7) is 0. The molecule has 0 radical (unpaired) electrons. The van der Waals surface area contributed by atoms with Crippen molar-refractivity contribution in [1.29, 1.82) is 0 Å². The highest BCUT2D eigenvalue weighted by atomic mass is 35.5. The maximum Gasteiger partial charge on any atom is 0.323 e. The molecule has 2 N–H and O–H groups in total. The molecule has 0 bridgehead atoms. The average molecular weight is 375 g/mol. The predicted octanol–water partition coefficient (Wildman–Crippen LogP) is 4.25. The number of hydrogen-bond acceptors (Lipinski definition) is 3. The van der Waals surface area contributed by atoms with Gasteiger partial charge in [-0.1, -0.05) is 53.5 Å². The van der Waals surface area contributed by atoms with Crippen molar-refractivity contribution in [2.45, 2.75) is 18.5 Å². The lowest BCUT2D eigenvalue weighted by Gasteiger charge is -2.30. The quantitative estimate of drug-likeness (QED) is 0.659. The van der Waals surface area contributed by atoms with Crippen molar-refractivity contribution in [3.63, 3.8) is 0 Å². The van der Waals surface area contributed by atoms with Crippen molar-refractivity contribution in [3.8, 4) is 0 Å². The van der Waals surface area contributed by atoms with Gasteiger partial charge in [-0.05, 0) is 23.3 Å². The van der Waals surface area contributed by atoms with Gasteiger partial charge in [-0.25, -0.2) is 0 Å². The molecule has 1 aromatic heterocycles. The minimum absolute atomic E-state index is 0.272. The first kappa shape index (κ1) is 16.5. The summed E-state index contributed by atoms with van der Waals surface area (Å²) in [5.74, 6) is -0.293. The minimum atomic E-state index is -0.447. The first-order valence-electron chi connectivity index (χ1n) is 7.97. The first-order chi connectivity index (χ1) is 12.1. The summed E-state index contributed by atoms with van der Waals surface area (Å²) >= 11 is 12.7. The molecule has 0 fully saturated rings. The van der Waals surface area contributed by atoms with Crippen LogP contribution in [0.4, 0.5) is 0 Å². The summed E-state index contributed by atoms with van der Waals surface area (Å²) in [5, 5.41) is 5.43. The number of esters is 1. The molecule has 1 aliphatic rings. The number of carbonyl (C=O) groups excluding carboxylic acids is 1. The maximum atomic E-state index is 12.2. The topological polar surface area (TPSA) is 54.1 Å². The van der Waals surface area contributed by atoms with E-state index in [1.165, 1.54) is 7.11 Å². The van der Waals surface area contributed by atoms with Gasteiger partial charge in [0.15, 0.2) is 0 Å². The zero-order chi connectivity index (χ0) is 17.6. The van der Waals surface area contributed by atoms with Crippen molar-refractivity contribution in [2.75, 3.05) is 7.11 Å². The number of methoxy groups -OCH3 is 1. The van der Waals surface area contributed by atoms with Gasteiger partial charge in [0.2, 0.25) is 0 Å².